The lowest BCUT2D eigenvalue weighted by Crippen LogP contribution is -2.17. The normalized spacial score (nSPS) is 17.1. The minimum Gasteiger partial charge on any atom is -0.465 e. The van der Waals surface area contributed by atoms with E-state index in [0.717, 1.165) is 12.8 Å². The van der Waals surface area contributed by atoms with Crippen molar-refractivity contribution in [1.82, 2.24) is 20.2 Å². The number of hydrogen-bond acceptors (Lipinski definition) is 6. The van der Waals surface area contributed by atoms with Crippen molar-refractivity contribution in [3.63, 3.8) is 0 Å². The molecule has 1 aromatic heterocycles. The first kappa shape index (κ1) is 11.4. The van der Waals surface area contributed by atoms with E-state index in [2.05, 4.69) is 15.5 Å². The molecule has 0 bridgehead atoms. The summed E-state index contributed by atoms with van der Waals surface area (Å²) >= 11 is 1.35. The Bertz CT molecular complexity index is 377. The largest absolute Gasteiger partial charge is 0.465 e. The van der Waals surface area contributed by atoms with E-state index in [9.17, 15) is 4.79 Å². The van der Waals surface area contributed by atoms with Gasteiger partial charge in [0.1, 0.15) is 5.25 Å². The standard InChI is InChI=1S/C9H14N4O2S/c1-3-15-8(14)6(2)16-9-10-11-12-13(9)7-4-5-7/h6-7H,3-5H2,1-2H3. The number of tetrazole rings is 1. The lowest BCUT2D eigenvalue weighted by molar-refractivity contribution is -0.142. The van der Waals surface area contributed by atoms with Crippen molar-refractivity contribution in [2.75, 3.05) is 6.61 Å². The maximum atomic E-state index is 11.4. The van der Waals surface area contributed by atoms with Gasteiger partial charge in [0.15, 0.2) is 0 Å². The molecule has 0 aromatic carbocycles. The topological polar surface area (TPSA) is 69.9 Å². The van der Waals surface area contributed by atoms with E-state index in [-0.39, 0.29) is 11.2 Å². The summed E-state index contributed by atoms with van der Waals surface area (Å²) in [6.45, 7) is 4.00. The number of carbonyl (C=O) groups is 1. The molecule has 2 rings (SSSR count). The second kappa shape index (κ2) is 4.82. The van der Waals surface area contributed by atoms with Crippen LogP contribution in [0.15, 0.2) is 5.16 Å². The Kier molecular flexibility index (Phi) is 3.42. The smallest absolute Gasteiger partial charge is 0.319 e. The summed E-state index contributed by atoms with van der Waals surface area (Å²) in [6, 6.07) is 0.423. The minimum absolute atomic E-state index is 0.224. The fraction of sp³-hybridized carbons (Fsp3) is 0.778. The predicted octanol–water partition coefficient (Wildman–Crippen LogP) is 1.05. The quantitative estimate of drug-likeness (QED) is 0.568. The molecule has 7 heteroatoms. The van der Waals surface area contributed by atoms with Crippen molar-refractivity contribution in [3.8, 4) is 0 Å². The van der Waals surface area contributed by atoms with E-state index in [1.165, 1.54) is 11.8 Å². The third-order valence-electron chi connectivity index (χ3n) is 2.26. The van der Waals surface area contributed by atoms with Crippen molar-refractivity contribution in [2.24, 2.45) is 0 Å². The Morgan fingerprint density at radius 1 is 1.69 bits per heavy atom. The monoisotopic (exact) mass is 242 g/mol. The number of rotatable bonds is 5. The Morgan fingerprint density at radius 2 is 2.44 bits per heavy atom. The van der Waals surface area contributed by atoms with Gasteiger partial charge >= 0.3 is 5.97 Å². The highest BCUT2D eigenvalue weighted by Crippen LogP contribution is 2.37. The van der Waals surface area contributed by atoms with E-state index in [1.54, 1.807) is 18.5 Å². The van der Waals surface area contributed by atoms with Gasteiger partial charge in [-0.25, -0.2) is 4.68 Å². The molecule has 16 heavy (non-hydrogen) atoms. The molecule has 0 aliphatic heterocycles. The Labute approximate surface area is 97.7 Å². The number of thioether (sulfide) groups is 1. The summed E-state index contributed by atoms with van der Waals surface area (Å²) in [7, 11) is 0. The molecule has 6 nitrogen and oxygen atoms in total. The van der Waals surface area contributed by atoms with Crippen LogP contribution in [0, 0.1) is 0 Å². The third-order valence-corrected chi connectivity index (χ3v) is 3.28. The summed E-state index contributed by atoms with van der Waals surface area (Å²) in [5, 5.41) is 11.9. The molecule has 1 aromatic rings. The van der Waals surface area contributed by atoms with Crippen LogP contribution in [-0.4, -0.2) is 38.0 Å². The van der Waals surface area contributed by atoms with Gasteiger partial charge in [-0.3, -0.25) is 4.79 Å². The molecule has 0 radical (unpaired) electrons. The van der Waals surface area contributed by atoms with Crippen LogP contribution in [0.1, 0.15) is 32.7 Å². The van der Waals surface area contributed by atoms with E-state index in [4.69, 9.17) is 4.74 Å². The van der Waals surface area contributed by atoms with Crippen LogP contribution in [0.3, 0.4) is 0 Å². The van der Waals surface area contributed by atoms with E-state index in [1.807, 2.05) is 0 Å². The first-order valence-electron chi connectivity index (χ1n) is 5.33. The lowest BCUT2D eigenvalue weighted by atomic mass is 10.5. The lowest BCUT2D eigenvalue weighted by Gasteiger charge is -2.09. The molecule has 1 atom stereocenters. The average Bonchev–Trinajstić information content (AvgIpc) is 3.00. The number of nitrogens with zero attached hydrogens (tertiary/aromatic N) is 4. The van der Waals surface area contributed by atoms with Crippen molar-refractivity contribution in [1.29, 1.82) is 0 Å². The molecule has 1 aliphatic rings. The van der Waals surface area contributed by atoms with Crippen LogP contribution in [0.25, 0.3) is 0 Å². The molecule has 0 spiro atoms. The van der Waals surface area contributed by atoms with Crippen molar-refractivity contribution < 1.29 is 9.53 Å². The van der Waals surface area contributed by atoms with Crippen LogP contribution in [-0.2, 0) is 9.53 Å². The first-order chi connectivity index (χ1) is 7.72. The van der Waals surface area contributed by atoms with Crippen LogP contribution in [0.5, 0.6) is 0 Å². The molecule has 0 saturated heterocycles. The first-order valence-corrected chi connectivity index (χ1v) is 6.21. The van der Waals surface area contributed by atoms with Crippen LogP contribution < -0.4 is 0 Å². The summed E-state index contributed by atoms with van der Waals surface area (Å²) in [4.78, 5) is 11.4. The van der Waals surface area contributed by atoms with Crippen molar-refractivity contribution in [3.05, 3.63) is 0 Å². The molecule has 0 N–H and O–H groups in total. The van der Waals surface area contributed by atoms with Gasteiger partial charge in [-0.05, 0) is 37.1 Å². The molecular weight excluding hydrogens is 228 g/mol. The number of esters is 1. The van der Waals surface area contributed by atoms with Crippen molar-refractivity contribution in [2.45, 2.75) is 43.1 Å². The Hall–Kier alpha value is -1.11. The van der Waals surface area contributed by atoms with Gasteiger partial charge in [-0.2, -0.15) is 0 Å². The number of aromatic nitrogens is 4. The Balaban J connectivity index is 1.97. The highest BCUT2D eigenvalue weighted by molar-refractivity contribution is 8.00. The van der Waals surface area contributed by atoms with Crippen LogP contribution >= 0.6 is 11.8 Å². The van der Waals surface area contributed by atoms with Gasteiger partial charge in [-0.15, -0.1) is 5.10 Å². The molecule has 0 amide bonds. The molecule has 1 aliphatic carbocycles. The number of ether oxygens (including phenoxy) is 1. The number of hydrogen-bond donors (Lipinski definition) is 0. The van der Waals surface area contributed by atoms with Gasteiger partial charge in [0.25, 0.3) is 0 Å². The molecule has 1 unspecified atom stereocenters. The van der Waals surface area contributed by atoms with E-state index in [0.29, 0.717) is 17.8 Å². The predicted molar refractivity (Wildman–Crippen MR) is 58.0 cm³/mol. The maximum Gasteiger partial charge on any atom is 0.319 e. The van der Waals surface area contributed by atoms with Crippen LogP contribution in [0.2, 0.25) is 0 Å². The molecule has 1 heterocycles. The maximum absolute atomic E-state index is 11.4. The van der Waals surface area contributed by atoms with Gasteiger partial charge < -0.3 is 4.74 Å². The average molecular weight is 242 g/mol. The molecule has 1 fully saturated rings. The highest BCUT2D eigenvalue weighted by Gasteiger charge is 2.29. The molecular formula is C9H14N4O2S. The second-order valence-corrected chi connectivity index (χ2v) is 4.96. The zero-order valence-electron chi connectivity index (χ0n) is 9.29. The summed E-state index contributed by atoms with van der Waals surface area (Å²) < 4.78 is 6.72. The van der Waals surface area contributed by atoms with Gasteiger partial charge in [0.05, 0.1) is 12.6 Å². The second-order valence-electron chi connectivity index (χ2n) is 3.65. The number of carbonyl (C=O) groups excluding carboxylic acids is 1. The SMILES string of the molecule is CCOC(=O)C(C)Sc1nnnn1C1CC1. The third kappa shape index (κ3) is 2.52. The summed E-state index contributed by atoms with van der Waals surface area (Å²) in [5.74, 6) is -0.224. The summed E-state index contributed by atoms with van der Waals surface area (Å²) in [6.07, 6.45) is 2.23. The van der Waals surface area contributed by atoms with E-state index >= 15 is 0 Å². The van der Waals surface area contributed by atoms with Gasteiger partial charge in [0, 0.05) is 0 Å². The fourth-order valence-corrected chi connectivity index (χ4v) is 2.13. The molecule has 88 valence electrons. The summed E-state index contributed by atoms with van der Waals surface area (Å²) in [5.41, 5.74) is 0. The van der Waals surface area contributed by atoms with Gasteiger partial charge in [0.2, 0.25) is 5.16 Å². The Morgan fingerprint density at radius 3 is 3.06 bits per heavy atom. The van der Waals surface area contributed by atoms with Crippen LogP contribution in [0.4, 0.5) is 0 Å². The van der Waals surface area contributed by atoms with E-state index < -0.39 is 0 Å². The minimum atomic E-state index is -0.275. The molecule has 1 saturated carbocycles. The highest BCUT2D eigenvalue weighted by atomic mass is 32.2. The van der Waals surface area contributed by atoms with Gasteiger partial charge in [-0.1, -0.05) is 11.8 Å². The zero-order valence-corrected chi connectivity index (χ0v) is 10.1. The fourth-order valence-electron chi connectivity index (χ4n) is 1.28. The van der Waals surface area contributed by atoms with Crippen molar-refractivity contribution >= 4 is 17.7 Å². The zero-order chi connectivity index (χ0) is 11.5.